The Balaban J connectivity index is 1.91. The third-order valence-corrected chi connectivity index (χ3v) is 6.73. The second-order valence-electron chi connectivity index (χ2n) is 7.31. The molecule has 1 N–H and O–H groups in total. The van der Waals surface area contributed by atoms with E-state index in [0.29, 0.717) is 5.69 Å². The minimum atomic E-state index is -3.92. The maximum Gasteiger partial charge on any atom is 0.264 e. The van der Waals surface area contributed by atoms with E-state index >= 15 is 0 Å². The van der Waals surface area contributed by atoms with Crippen molar-refractivity contribution in [2.75, 3.05) is 10.8 Å². The Morgan fingerprint density at radius 1 is 0.900 bits per heavy atom. The lowest BCUT2D eigenvalue weighted by Gasteiger charge is -2.26. The van der Waals surface area contributed by atoms with E-state index in [9.17, 15) is 13.2 Å². The summed E-state index contributed by atoms with van der Waals surface area (Å²) in [5, 5.41) is 2.90. The van der Waals surface area contributed by atoms with Crippen LogP contribution in [0.4, 0.5) is 5.69 Å². The van der Waals surface area contributed by atoms with Gasteiger partial charge in [0.15, 0.2) is 0 Å². The topological polar surface area (TPSA) is 66.5 Å². The molecule has 0 saturated carbocycles. The number of rotatable bonds is 7. The van der Waals surface area contributed by atoms with E-state index in [2.05, 4.69) is 5.32 Å². The first-order valence-corrected chi connectivity index (χ1v) is 11.2. The van der Waals surface area contributed by atoms with Crippen molar-refractivity contribution < 1.29 is 13.2 Å². The second kappa shape index (κ2) is 9.13. The summed E-state index contributed by atoms with van der Waals surface area (Å²) in [6.45, 7) is 5.30. The monoisotopic (exact) mass is 422 g/mol. The van der Waals surface area contributed by atoms with Gasteiger partial charge in [0.2, 0.25) is 5.91 Å². The third kappa shape index (κ3) is 4.89. The highest BCUT2D eigenvalue weighted by Crippen LogP contribution is 2.27. The molecule has 3 aromatic rings. The van der Waals surface area contributed by atoms with Crippen LogP contribution < -0.4 is 9.62 Å². The highest BCUT2D eigenvalue weighted by Gasteiger charge is 2.28. The molecule has 0 spiro atoms. The van der Waals surface area contributed by atoms with Gasteiger partial charge in [0.05, 0.1) is 16.6 Å². The van der Waals surface area contributed by atoms with Crippen molar-refractivity contribution in [3.05, 3.63) is 95.6 Å². The Labute approximate surface area is 178 Å². The first-order chi connectivity index (χ1) is 14.3. The Hall–Kier alpha value is -3.12. The van der Waals surface area contributed by atoms with Crippen LogP contribution in [0.1, 0.15) is 29.7 Å². The molecule has 30 heavy (non-hydrogen) atoms. The van der Waals surface area contributed by atoms with E-state index in [1.165, 1.54) is 4.31 Å². The fourth-order valence-electron chi connectivity index (χ4n) is 3.22. The molecule has 0 aliphatic heterocycles. The number of hydrogen-bond acceptors (Lipinski definition) is 3. The Morgan fingerprint density at radius 3 is 2.13 bits per heavy atom. The molecule has 0 bridgehead atoms. The smallest absolute Gasteiger partial charge is 0.264 e. The minimum absolute atomic E-state index is 0.153. The van der Waals surface area contributed by atoms with Crippen LogP contribution in [0.15, 0.2) is 83.8 Å². The molecule has 0 saturated heterocycles. The molecule has 6 heteroatoms. The van der Waals surface area contributed by atoms with E-state index in [0.717, 1.165) is 16.7 Å². The van der Waals surface area contributed by atoms with Crippen LogP contribution in [0.5, 0.6) is 0 Å². The first-order valence-electron chi connectivity index (χ1n) is 9.78. The molecule has 0 aromatic heterocycles. The molecule has 3 aromatic carbocycles. The van der Waals surface area contributed by atoms with Crippen LogP contribution in [0.25, 0.3) is 0 Å². The van der Waals surface area contributed by atoms with Crippen molar-refractivity contribution in [2.24, 2.45) is 0 Å². The quantitative estimate of drug-likeness (QED) is 0.615. The minimum Gasteiger partial charge on any atom is -0.348 e. The largest absolute Gasteiger partial charge is 0.348 e. The standard InChI is InChI=1S/C24H26N2O3S/c1-18-13-15-22(16-14-18)30(28,29)26(23-12-8-7-9-19(23)2)17-24(27)25-20(3)21-10-5-4-6-11-21/h4-16,20H,17H2,1-3H3,(H,25,27)/t20-/m0/s1. The number of nitrogens with one attached hydrogen (secondary N) is 1. The summed E-state index contributed by atoms with van der Waals surface area (Å²) in [4.78, 5) is 13.0. The Bertz CT molecular complexity index is 1110. The van der Waals surface area contributed by atoms with Gasteiger partial charge in [-0.3, -0.25) is 9.10 Å². The molecular weight excluding hydrogens is 396 g/mol. The molecule has 0 heterocycles. The summed E-state index contributed by atoms with van der Waals surface area (Å²) in [6, 6.07) is 23.1. The molecule has 3 rings (SSSR count). The Morgan fingerprint density at radius 2 is 1.50 bits per heavy atom. The number of carbonyl (C=O) groups is 1. The van der Waals surface area contributed by atoms with Crippen LogP contribution in [0.2, 0.25) is 0 Å². The molecule has 0 aliphatic carbocycles. The number of carbonyl (C=O) groups excluding carboxylic acids is 1. The predicted molar refractivity (Wildman–Crippen MR) is 120 cm³/mol. The van der Waals surface area contributed by atoms with Crippen LogP contribution in [0.3, 0.4) is 0 Å². The molecule has 0 aliphatic rings. The lowest BCUT2D eigenvalue weighted by molar-refractivity contribution is -0.120. The summed E-state index contributed by atoms with van der Waals surface area (Å²) < 4.78 is 28.0. The van der Waals surface area contributed by atoms with E-state index in [-0.39, 0.29) is 23.4 Å². The van der Waals surface area contributed by atoms with Crippen molar-refractivity contribution in [1.82, 2.24) is 5.32 Å². The second-order valence-corrected chi connectivity index (χ2v) is 9.17. The van der Waals surface area contributed by atoms with E-state index in [1.54, 1.807) is 36.4 Å². The van der Waals surface area contributed by atoms with Crippen molar-refractivity contribution in [2.45, 2.75) is 31.7 Å². The highest BCUT2D eigenvalue weighted by atomic mass is 32.2. The summed E-state index contributed by atoms with van der Waals surface area (Å²) >= 11 is 0. The number of benzene rings is 3. The lowest BCUT2D eigenvalue weighted by Crippen LogP contribution is -2.41. The number of anilines is 1. The zero-order valence-corrected chi connectivity index (χ0v) is 18.2. The van der Waals surface area contributed by atoms with Gasteiger partial charge in [0, 0.05) is 0 Å². The SMILES string of the molecule is Cc1ccc(S(=O)(=O)N(CC(=O)N[C@@H](C)c2ccccc2)c2ccccc2C)cc1. The predicted octanol–water partition coefficient (Wildman–Crippen LogP) is 4.38. The average Bonchev–Trinajstić information content (AvgIpc) is 2.73. The molecule has 156 valence electrons. The van der Waals surface area contributed by atoms with E-state index in [4.69, 9.17) is 0 Å². The van der Waals surface area contributed by atoms with Crippen LogP contribution in [-0.4, -0.2) is 20.9 Å². The first kappa shape index (κ1) is 21.6. The zero-order valence-electron chi connectivity index (χ0n) is 17.4. The van der Waals surface area contributed by atoms with Crippen molar-refractivity contribution in [3.63, 3.8) is 0 Å². The van der Waals surface area contributed by atoms with Crippen LogP contribution >= 0.6 is 0 Å². The zero-order chi connectivity index (χ0) is 21.7. The fourth-order valence-corrected chi connectivity index (χ4v) is 4.71. The van der Waals surface area contributed by atoms with Gasteiger partial charge in [-0.05, 0) is 50.1 Å². The normalized spacial score (nSPS) is 12.2. The van der Waals surface area contributed by atoms with Gasteiger partial charge >= 0.3 is 0 Å². The molecule has 5 nitrogen and oxygen atoms in total. The van der Waals surface area contributed by atoms with Gasteiger partial charge in [0.1, 0.15) is 6.54 Å². The van der Waals surface area contributed by atoms with Crippen molar-refractivity contribution >= 4 is 21.6 Å². The van der Waals surface area contributed by atoms with Gasteiger partial charge in [-0.1, -0.05) is 66.2 Å². The summed E-state index contributed by atoms with van der Waals surface area (Å²) in [7, 11) is -3.92. The van der Waals surface area contributed by atoms with Gasteiger partial charge in [-0.15, -0.1) is 0 Å². The number of hydrogen-bond donors (Lipinski definition) is 1. The molecule has 1 atom stereocenters. The number of aryl methyl sites for hydroxylation is 2. The summed E-state index contributed by atoms with van der Waals surface area (Å²) in [5.74, 6) is -0.370. The van der Waals surface area contributed by atoms with Crippen molar-refractivity contribution in [1.29, 1.82) is 0 Å². The Kier molecular flexibility index (Phi) is 6.57. The maximum absolute atomic E-state index is 13.4. The van der Waals surface area contributed by atoms with E-state index in [1.807, 2.05) is 63.2 Å². The number of nitrogens with zero attached hydrogens (tertiary/aromatic N) is 1. The molecular formula is C24H26N2O3S. The fraction of sp³-hybridized carbons (Fsp3) is 0.208. The molecule has 1 amide bonds. The maximum atomic E-state index is 13.4. The number of sulfonamides is 1. The molecule has 0 fully saturated rings. The molecule has 0 unspecified atom stereocenters. The van der Waals surface area contributed by atoms with Crippen LogP contribution in [-0.2, 0) is 14.8 Å². The van der Waals surface area contributed by atoms with E-state index < -0.39 is 10.0 Å². The highest BCUT2D eigenvalue weighted by molar-refractivity contribution is 7.92. The summed E-state index contributed by atoms with van der Waals surface area (Å²) in [5.41, 5.74) is 3.18. The average molecular weight is 423 g/mol. The molecule has 0 radical (unpaired) electrons. The van der Waals surface area contributed by atoms with Crippen molar-refractivity contribution in [3.8, 4) is 0 Å². The summed E-state index contributed by atoms with van der Waals surface area (Å²) in [6.07, 6.45) is 0. The lowest BCUT2D eigenvalue weighted by atomic mass is 10.1. The van der Waals surface area contributed by atoms with Gasteiger partial charge in [0.25, 0.3) is 10.0 Å². The van der Waals surface area contributed by atoms with Gasteiger partial charge < -0.3 is 5.32 Å². The third-order valence-electron chi connectivity index (χ3n) is 4.96. The number of amides is 1. The van der Waals surface area contributed by atoms with Gasteiger partial charge in [-0.2, -0.15) is 0 Å². The number of para-hydroxylation sites is 1. The van der Waals surface area contributed by atoms with Crippen LogP contribution in [0, 0.1) is 13.8 Å². The van der Waals surface area contributed by atoms with Gasteiger partial charge in [-0.25, -0.2) is 8.42 Å².